The summed E-state index contributed by atoms with van der Waals surface area (Å²) in [7, 11) is -0.134. The Kier molecular flexibility index (Phi) is 3.61. The van der Waals surface area contributed by atoms with Crippen LogP contribution in [0.3, 0.4) is 0 Å². The number of fused-ring (bicyclic) bond motifs is 2. The van der Waals surface area contributed by atoms with E-state index in [1.54, 1.807) is 0 Å². The van der Waals surface area contributed by atoms with Crippen molar-refractivity contribution >= 4 is 19.5 Å². The lowest BCUT2D eigenvalue weighted by atomic mass is 9.73. The zero-order valence-electron chi connectivity index (χ0n) is 11.7. The van der Waals surface area contributed by atoms with Gasteiger partial charge in [-0.1, -0.05) is 6.08 Å². The van der Waals surface area contributed by atoms with Crippen LogP contribution < -0.4 is 5.32 Å². The highest BCUT2D eigenvalue weighted by Crippen LogP contribution is 2.40. The quantitative estimate of drug-likeness (QED) is 0.743. The Hall–Kier alpha value is -0.0251. The van der Waals surface area contributed by atoms with Crippen LogP contribution in [0.25, 0.3) is 0 Å². The van der Waals surface area contributed by atoms with Gasteiger partial charge in [0, 0.05) is 12.1 Å². The summed E-state index contributed by atoms with van der Waals surface area (Å²) in [5, 5.41) is 3.60. The predicted octanol–water partition coefficient (Wildman–Crippen LogP) is 2.49. The van der Waals surface area contributed by atoms with Crippen molar-refractivity contribution in [2.75, 3.05) is 0 Å². The third kappa shape index (κ3) is 2.24. The second-order valence-electron chi connectivity index (χ2n) is 6.58. The molecule has 0 saturated carbocycles. The van der Waals surface area contributed by atoms with Gasteiger partial charge in [-0.2, -0.15) is 0 Å². The Labute approximate surface area is 116 Å². The predicted molar refractivity (Wildman–Crippen MR) is 76.0 cm³/mol. The van der Waals surface area contributed by atoms with E-state index >= 15 is 0 Å². The van der Waals surface area contributed by atoms with Crippen molar-refractivity contribution in [3.05, 3.63) is 11.5 Å². The maximum Gasteiger partial charge on any atom is 0.490 e. The van der Waals surface area contributed by atoms with E-state index in [9.17, 15) is 0 Å². The van der Waals surface area contributed by atoms with Crippen LogP contribution in [-0.2, 0) is 9.31 Å². The Bertz CT molecular complexity index is 354. The van der Waals surface area contributed by atoms with Gasteiger partial charge in [0.05, 0.1) is 11.2 Å². The maximum absolute atomic E-state index is 6.11. The molecule has 3 aliphatic rings. The molecule has 3 nitrogen and oxygen atoms in total. The van der Waals surface area contributed by atoms with Crippen LogP contribution in [0.4, 0.5) is 0 Å². The summed E-state index contributed by atoms with van der Waals surface area (Å²) in [5.74, 6) is 0. The van der Waals surface area contributed by atoms with E-state index in [4.69, 9.17) is 9.31 Å². The van der Waals surface area contributed by atoms with Crippen molar-refractivity contribution in [3.8, 4) is 0 Å². The summed E-state index contributed by atoms with van der Waals surface area (Å²) in [6.45, 7) is 8.46. The largest absolute Gasteiger partial charge is 0.490 e. The molecule has 0 aromatic heterocycles. The molecule has 5 heteroatoms. The molecule has 0 spiro atoms. The fourth-order valence-electron chi connectivity index (χ4n) is 2.92. The number of hydrogen-bond donors (Lipinski definition) is 1. The molecule has 3 aliphatic heterocycles. The van der Waals surface area contributed by atoms with Gasteiger partial charge >= 0.3 is 7.12 Å². The van der Waals surface area contributed by atoms with Crippen molar-refractivity contribution in [2.45, 2.75) is 70.2 Å². The molecule has 0 aromatic rings. The number of hydrogen-bond acceptors (Lipinski definition) is 3. The number of halogens is 1. The third-order valence-corrected chi connectivity index (χ3v) is 4.73. The molecule has 2 fully saturated rings. The minimum absolute atomic E-state index is 0. The first kappa shape index (κ1) is 14.4. The molecule has 3 rings (SSSR count). The Morgan fingerprint density at radius 2 is 1.78 bits per heavy atom. The fraction of sp³-hybridized carbons (Fsp3) is 0.846. The summed E-state index contributed by atoms with van der Waals surface area (Å²) in [4.78, 5) is 0. The normalized spacial score (nSPS) is 36.2. The molecule has 2 saturated heterocycles. The van der Waals surface area contributed by atoms with Gasteiger partial charge in [-0.15, -0.1) is 12.4 Å². The van der Waals surface area contributed by atoms with Gasteiger partial charge in [-0.3, -0.25) is 0 Å². The van der Waals surface area contributed by atoms with Crippen LogP contribution in [0.15, 0.2) is 11.5 Å². The Morgan fingerprint density at radius 1 is 1.17 bits per heavy atom. The van der Waals surface area contributed by atoms with Crippen molar-refractivity contribution in [2.24, 2.45) is 0 Å². The monoisotopic (exact) mass is 271 g/mol. The Morgan fingerprint density at radius 3 is 2.33 bits per heavy atom. The summed E-state index contributed by atoms with van der Waals surface area (Å²) in [5.41, 5.74) is 0.903. The first-order valence-corrected chi connectivity index (χ1v) is 6.70. The molecular weight excluding hydrogens is 248 g/mol. The van der Waals surface area contributed by atoms with E-state index in [2.05, 4.69) is 39.1 Å². The standard InChI is InChI=1S/C13H22BNO2.ClH/c1-12(2)13(3,4)17-14(16-12)9-7-10-5-6-11(8-9)15-10;/h7,10-11,15H,5-6,8H2,1-4H3;1H. The molecule has 2 atom stereocenters. The second-order valence-corrected chi connectivity index (χ2v) is 6.58. The van der Waals surface area contributed by atoms with Crippen molar-refractivity contribution in [3.63, 3.8) is 0 Å². The highest BCUT2D eigenvalue weighted by molar-refractivity contribution is 6.54. The molecule has 0 aliphatic carbocycles. The van der Waals surface area contributed by atoms with Gasteiger partial charge in [0.25, 0.3) is 0 Å². The van der Waals surface area contributed by atoms with Gasteiger partial charge in [0.15, 0.2) is 0 Å². The zero-order valence-corrected chi connectivity index (χ0v) is 12.5. The summed E-state index contributed by atoms with van der Waals surface area (Å²) < 4.78 is 12.2. The highest BCUT2D eigenvalue weighted by Gasteiger charge is 2.53. The van der Waals surface area contributed by atoms with Gasteiger partial charge in [0.2, 0.25) is 0 Å². The molecule has 0 amide bonds. The first-order valence-electron chi connectivity index (χ1n) is 6.70. The minimum Gasteiger partial charge on any atom is -0.400 e. The molecule has 1 N–H and O–H groups in total. The van der Waals surface area contributed by atoms with E-state index in [-0.39, 0.29) is 30.7 Å². The highest BCUT2D eigenvalue weighted by atomic mass is 35.5. The average Bonchev–Trinajstić information content (AvgIpc) is 2.65. The molecule has 18 heavy (non-hydrogen) atoms. The van der Waals surface area contributed by atoms with Gasteiger partial charge in [0.1, 0.15) is 0 Å². The topological polar surface area (TPSA) is 30.5 Å². The van der Waals surface area contributed by atoms with E-state index in [1.165, 1.54) is 18.3 Å². The molecule has 2 unspecified atom stereocenters. The average molecular weight is 272 g/mol. The van der Waals surface area contributed by atoms with E-state index in [0.717, 1.165) is 6.42 Å². The summed E-state index contributed by atoms with van der Waals surface area (Å²) in [6, 6.07) is 1.18. The van der Waals surface area contributed by atoms with E-state index in [1.807, 2.05) is 0 Å². The van der Waals surface area contributed by atoms with Gasteiger partial charge in [-0.05, 0) is 52.4 Å². The lowest BCUT2D eigenvalue weighted by Gasteiger charge is -2.32. The summed E-state index contributed by atoms with van der Waals surface area (Å²) in [6.07, 6.45) is 5.94. The van der Waals surface area contributed by atoms with Gasteiger partial charge in [-0.25, -0.2) is 0 Å². The second kappa shape index (κ2) is 4.52. The van der Waals surface area contributed by atoms with Gasteiger partial charge < -0.3 is 14.6 Å². The zero-order chi connectivity index (χ0) is 12.3. The van der Waals surface area contributed by atoms with Crippen LogP contribution in [0, 0.1) is 0 Å². The molecule has 102 valence electrons. The van der Waals surface area contributed by atoms with Crippen LogP contribution in [-0.4, -0.2) is 30.4 Å². The summed E-state index contributed by atoms with van der Waals surface area (Å²) >= 11 is 0. The fourth-order valence-corrected chi connectivity index (χ4v) is 2.92. The smallest absolute Gasteiger partial charge is 0.400 e. The van der Waals surface area contributed by atoms with Crippen molar-refractivity contribution in [1.82, 2.24) is 5.32 Å². The molecule has 2 bridgehead atoms. The molecule has 0 aromatic carbocycles. The first-order chi connectivity index (χ1) is 7.87. The third-order valence-electron chi connectivity index (χ3n) is 4.73. The van der Waals surface area contributed by atoms with E-state index < -0.39 is 0 Å². The molecular formula is C13H23BClNO2. The SMILES string of the molecule is CC1(C)OB(C2=CC3CCC(C2)N3)OC1(C)C.Cl. The maximum atomic E-state index is 6.11. The van der Waals surface area contributed by atoms with Crippen molar-refractivity contribution in [1.29, 1.82) is 0 Å². The molecule has 3 heterocycles. The lowest BCUT2D eigenvalue weighted by Crippen LogP contribution is -2.41. The van der Waals surface area contributed by atoms with Crippen LogP contribution in [0.5, 0.6) is 0 Å². The van der Waals surface area contributed by atoms with Crippen LogP contribution in [0.2, 0.25) is 0 Å². The number of nitrogens with one attached hydrogen (secondary N) is 1. The molecule has 0 radical (unpaired) electrons. The minimum atomic E-state index is -0.220. The number of rotatable bonds is 1. The van der Waals surface area contributed by atoms with E-state index in [0.29, 0.717) is 12.1 Å². The van der Waals surface area contributed by atoms with Crippen molar-refractivity contribution < 1.29 is 9.31 Å². The van der Waals surface area contributed by atoms with Crippen LogP contribution >= 0.6 is 12.4 Å². The Balaban J connectivity index is 0.00000120. The van der Waals surface area contributed by atoms with Crippen LogP contribution in [0.1, 0.15) is 47.0 Å². The lowest BCUT2D eigenvalue weighted by molar-refractivity contribution is 0.00578.